The van der Waals surface area contributed by atoms with E-state index < -0.39 is 0 Å². The van der Waals surface area contributed by atoms with Gasteiger partial charge in [0.15, 0.2) is 5.69 Å². The fourth-order valence-electron chi connectivity index (χ4n) is 3.13. The van der Waals surface area contributed by atoms with E-state index in [1.54, 1.807) is 17.4 Å². The van der Waals surface area contributed by atoms with Gasteiger partial charge in [-0.3, -0.25) is 14.3 Å². The Labute approximate surface area is 161 Å². The van der Waals surface area contributed by atoms with Crippen LogP contribution in [0.4, 0.5) is 0 Å². The third kappa shape index (κ3) is 4.09. The predicted octanol–water partition coefficient (Wildman–Crippen LogP) is 2.46. The van der Waals surface area contributed by atoms with Gasteiger partial charge in [0, 0.05) is 18.0 Å². The molecule has 2 aromatic heterocycles. The van der Waals surface area contributed by atoms with Gasteiger partial charge in [-0.2, -0.15) is 5.10 Å². The molecule has 27 heavy (non-hydrogen) atoms. The summed E-state index contributed by atoms with van der Waals surface area (Å²) in [7, 11) is 0. The molecular formula is C20H20N4O2S. The first kappa shape index (κ1) is 17.5. The summed E-state index contributed by atoms with van der Waals surface area (Å²) in [6.45, 7) is 2.18. The maximum Gasteiger partial charge on any atom is 0.272 e. The van der Waals surface area contributed by atoms with Crippen LogP contribution >= 0.6 is 11.3 Å². The Morgan fingerprint density at radius 2 is 1.96 bits per heavy atom. The minimum atomic E-state index is -0.197. The summed E-state index contributed by atoms with van der Waals surface area (Å²) >= 11 is 1.59. The zero-order valence-electron chi connectivity index (χ0n) is 14.8. The molecule has 0 bridgehead atoms. The van der Waals surface area contributed by atoms with Crippen LogP contribution < -0.4 is 5.32 Å². The average molecular weight is 380 g/mol. The van der Waals surface area contributed by atoms with Crippen molar-refractivity contribution in [2.75, 3.05) is 6.54 Å². The lowest BCUT2D eigenvalue weighted by Gasteiger charge is -2.27. The summed E-state index contributed by atoms with van der Waals surface area (Å²) in [6.07, 6.45) is 0.427. The van der Waals surface area contributed by atoms with E-state index in [4.69, 9.17) is 0 Å². The Hall–Kier alpha value is -2.93. The number of carbonyl (C=O) groups excluding carboxylic acids is 2. The molecule has 1 aliphatic heterocycles. The molecule has 0 unspecified atom stereocenters. The number of hydrogen-bond donors (Lipinski definition) is 1. The maximum absolute atomic E-state index is 12.5. The molecule has 0 aliphatic carbocycles. The molecule has 3 heterocycles. The second-order valence-electron chi connectivity index (χ2n) is 6.48. The number of aromatic nitrogens is 2. The standard InChI is InChI=1S/C20H20N4O2S/c25-19(12-17-7-4-10-27-17)23-8-9-24-16(14-23)11-18(22-24)20(26)21-13-15-5-2-1-3-6-15/h1-7,10-11H,8-9,12-14H2,(H,21,26). The Kier molecular flexibility index (Phi) is 5.02. The number of amides is 2. The van der Waals surface area contributed by atoms with Gasteiger partial charge in [0.25, 0.3) is 5.91 Å². The second kappa shape index (κ2) is 7.75. The molecule has 1 aromatic carbocycles. The van der Waals surface area contributed by atoms with E-state index in [0.717, 1.165) is 16.1 Å². The lowest BCUT2D eigenvalue weighted by Crippen LogP contribution is -2.39. The molecule has 138 valence electrons. The van der Waals surface area contributed by atoms with Crippen molar-refractivity contribution in [3.63, 3.8) is 0 Å². The molecule has 0 spiro atoms. The summed E-state index contributed by atoms with van der Waals surface area (Å²) in [5, 5.41) is 9.28. The Morgan fingerprint density at radius 3 is 2.74 bits per heavy atom. The molecule has 1 aliphatic rings. The van der Waals surface area contributed by atoms with E-state index >= 15 is 0 Å². The van der Waals surface area contributed by atoms with Crippen LogP contribution in [0.25, 0.3) is 0 Å². The van der Waals surface area contributed by atoms with Crippen molar-refractivity contribution in [2.24, 2.45) is 0 Å². The lowest BCUT2D eigenvalue weighted by molar-refractivity contribution is -0.131. The number of nitrogens with one attached hydrogen (secondary N) is 1. The van der Waals surface area contributed by atoms with E-state index in [9.17, 15) is 9.59 Å². The molecule has 2 amide bonds. The van der Waals surface area contributed by atoms with Crippen molar-refractivity contribution >= 4 is 23.2 Å². The number of nitrogens with zero attached hydrogens (tertiary/aromatic N) is 3. The minimum absolute atomic E-state index is 0.111. The predicted molar refractivity (Wildman–Crippen MR) is 103 cm³/mol. The topological polar surface area (TPSA) is 67.2 Å². The van der Waals surface area contributed by atoms with Gasteiger partial charge in [0.1, 0.15) is 0 Å². The minimum Gasteiger partial charge on any atom is -0.347 e. The molecule has 7 heteroatoms. The average Bonchev–Trinajstić information content (AvgIpc) is 3.35. The van der Waals surface area contributed by atoms with Gasteiger partial charge in [0.2, 0.25) is 5.91 Å². The van der Waals surface area contributed by atoms with Gasteiger partial charge in [-0.05, 0) is 23.1 Å². The Morgan fingerprint density at radius 1 is 1.11 bits per heavy atom. The molecule has 0 radical (unpaired) electrons. The first-order valence-electron chi connectivity index (χ1n) is 8.88. The molecule has 1 N–H and O–H groups in total. The first-order valence-corrected chi connectivity index (χ1v) is 9.76. The molecule has 0 fully saturated rings. The van der Waals surface area contributed by atoms with E-state index in [0.29, 0.717) is 38.3 Å². The van der Waals surface area contributed by atoms with Crippen molar-refractivity contribution in [1.82, 2.24) is 20.0 Å². The molecule has 3 aromatic rings. The van der Waals surface area contributed by atoms with Gasteiger partial charge in [-0.1, -0.05) is 36.4 Å². The van der Waals surface area contributed by atoms with Crippen molar-refractivity contribution in [1.29, 1.82) is 0 Å². The number of carbonyl (C=O) groups is 2. The molecule has 0 saturated carbocycles. The quantitative estimate of drug-likeness (QED) is 0.739. The zero-order valence-corrected chi connectivity index (χ0v) is 15.6. The zero-order chi connectivity index (χ0) is 18.6. The number of thiophene rings is 1. The highest BCUT2D eigenvalue weighted by atomic mass is 32.1. The number of rotatable bonds is 5. The van der Waals surface area contributed by atoms with Crippen LogP contribution in [0.5, 0.6) is 0 Å². The maximum atomic E-state index is 12.5. The van der Waals surface area contributed by atoms with Gasteiger partial charge < -0.3 is 10.2 Å². The number of hydrogen-bond acceptors (Lipinski definition) is 4. The summed E-state index contributed by atoms with van der Waals surface area (Å²) in [5.74, 6) is -0.0859. The van der Waals surface area contributed by atoms with Crippen LogP contribution in [-0.4, -0.2) is 33.0 Å². The highest BCUT2D eigenvalue weighted by molar-refractivity contribution is 7.10. The highest BCUT2D eigenvalue weighted by Gasteiger charge is 2.24. The van der Waals surface area contributed by atoms with Crippen LogP contribution in [0, 0.1) is 0 Å². The van der Waals surface area contributed by atoms with E-state index in [-0.39, 0.29) is 11.8 Å². The summed E-state index contributed by atoms with van der Waals surface area (Å²) in [5.41, 5.74) is 2.33. The second-order valence-corrected chi connectivity index (χ2v) is 7.52. The van der Waals surface area contributed by atoms with E-state index in [1.165, 1.54) is 0 Å². The highest BCUT2D eigenvalue weighted by Crippen LogP contribution is 2.17. The van der Waals surface area contributed by atoms with Gasteiger partial charge in [-0.15, -0.1) is 11.3 Å². The number of benzene rings is 1. The van der Waals surface area contributed by atoms with Crippen LogP contribution in [0.1, 0.15) is 26.6 Å². The SMILES string of the molecule is O=C(NCc1ccccc1)c1cc2n(n1)CCN(C(=O)Cc1cccs1)C2. The molecule has 0 saturated heterocycles. The Balaban J connectivity index is 1.38. The van der Waals surface area contributed by atoms with Crippen molar-refractivity contribution in [3.8, 4) is 0 Å². The van der Waals surface area contributed by atoms with Crippen molar-refractivity contribution in [3.05, 3.63) is 75.7 Å². The van der Waals surface area contributed by atoms with Gasteiger partial charge >= 0.3 is 0 Å². The van der Waals surface area contributed by atoms with E-state index in [1.807, 2.05) is 57.4 Å². The van der Waals surface area contributed by atoms with Crippen LogP contribution in [-0.2, 0) is 30.8 Å². The normalized spacial score (nSPS) is 13.3. The molecule has 6 nitrogen and oxygen atoms in total. The van der Waals surface area contributed by atoms with Crippen molar-refractivity contribution < 1.29 is 9.59 Å². The molecule has 4 rings (SSSR count). The van der Waals surface area contributed by atoms with Gasteiger partial charge in [-0.25, -0.2) is 0 Å². The largest absolute Gasteiger partial charge is 0.347 e. The fourth-order valence-corrected chi connectivity index (χ4v) is 3.83. The van der Waals surface area contributed by atoms with E-state index in [2.05, 4.69) is 10.4 Å². The monoisotopic (exact) mass is 380 g/mol. The Bertz CT molecular complexity index is 934. The first-order chi connectivity index (χ1) is 13.2. The number of fused-ring (bicyclic) bond motifs is 1. The summed E-state index contributed by atoms with van der Waals surface area (Å²) in [6, 6.07) is 15.5. The smallest absolute Gasteiger partial charge is 0.272 e. The van der Waals surface area contributed by atoms with Crippen molar-refractivity contribution in [2.45, 2.75) is 26.1 Å². The van der Waals surface area contributed by atoms with Gasteiger partial charge in [0.05, 0.1) is 25.2 Å². The van der Waals surface area contributed by atoms with Crippen LogP contribution in [0.2, 0.25) is 0 Å². The summed E-state index contributed by atoms with van der Waals surface area (Å²) < 4.78 is 1.83. The molecular weight excluding hydrogens is 360 g/mol. The third-order valence-corrected chi connectivity index (χ3v) is 5.46. The molecule has 0 atom stereocenters. The lowest BCUT2D eigenvalue weighted by atomic mass is 10.2. The van der Waals surface area contributed by atoms with Crippen LogP contribution in [0.3, 0.4) is 0 Å². The summed E-state index contributed by atoms with van der Waals surface area (Å²) in [4.78, 5) is 27.8. The fraction of sp³-hybridized carbons (Fsp3) is 0.250. The third-order valence-electron chi connectivity index (χ3n) is 4.58. The van der Waals surface area contributed by atoms with Crippen LogP contribution in [0.15, 0.2) is 53.9 Å².